The molecule has 1 aromatic rings. The SMILES string of the molecule is Cc1ccc(OC2CC2)c(CCCCN)c1. The lowest BCUT2D eigenvalue weighted by Gasteiger charge is -2.11. The largest absolute Gasteiger partial charge is 0.490 e. The second-order valence-electron chi connectivity index (χ2n) is 4.67. The predicted molar refractivity (Wildman–Crippen MR) is 66.8 cm³/mol. The summed E-state index contributed by atoms with van der Waals surface area (Å²) in [5.41, 5.74) is 8.18. The van der Waals surface area contributed by atoms with Crippen molar-refractivity contribution in [3.05, 3.63) is 29.3 Å². The van der Waals surface area contributed by atoms with Crippen molar-refractivity contribution < 1.29 is 4.74 Å². The Hall–Kier alpha value is -1.02. The van der Waals surface area contributed by atoms with Gasteiger partial charge in [-0.2, -0.15) is 0 Å². The van der Waals surface area contributed by atoms with E-state index in [-0.39, 0.29) is 0 Å². The Bertz CT molecular complexity index is 345. The summed E-state index contributed by atoms with van der Waals surface area (Å²) in [7, 11) is 0. The molecular formula is C14H21NO. The number of hydrogen-bond acceptors (Lipinski definition) is 2. The number of ether oxygens (including phenoxy) is 1. The van der Waals surface area contributed by atoms with E-state index in [4.69, 9.17) is 10.5 Å². The highest BCUT2D eigenvalue weighted by molar-refractivity contribution is 5.37. The zero-order chi connectivity index (χ0) is 11.4. The summed E-state index contributed by atoms with van der Waals surface area (Å²) < 4.78 is 5.91. The molecule has 1 aliphatic carbocycles. The summed E-state index contributed by atoms with van der Waals surface area (Å²) in [4.78, 5) is 0. The fraction of sp³-hybridized carbons (Fsp3) is 0.571. The van der Waals surface area contributed by atoms with E-state index in [1.165, 1.54) is 24.0 Å². The van der Waals surface area contributed by atoms with Gasteiger partial charge in [0.2, 0.25) is 0 Å². The summed E-state index contributed by atoms with van der Waals surface area (Å²) >= 11 is 0. The van der Waals surface area contributed by atoms with Gasteiger partial charge in [0.25, 0.3) is 0 Å². The smallest absolute Gasteiger partial charge is 0.122 e. The van der Waals surface area contributed by atoms with Gasteiger partial charge in [0.1, 0.15) is 5.75 Å². The van der Waals surface area contributed by atoms with Gasteiger partial charge in [-0.25, -0.2) is 0 Å². The number of hydrogen-bond donors (Lipinski definition) is 1. The van der Waals surface area contributed by atoms with E-state index in [1.807, 2.05) is 0 Å². The minimum atomic E-state index is 0.482. The van der Waals surface area contributed by atoms with Crippen LogP contribution in [0.2, 0.25) is 0 Å². The fourth-order valence-electron chi connectivity index (χ4n) is 1.84. The summed E-state index contributed by atoms with van der Waals surface area (Å²) in [5.74, 6) is 1.09. The minimum Gasteiger partial charge on any atom is -0.490 e. The van der Waals surface area contributed by atoms with Crippen molar-refractivity contribution in [1.82, 2.24) is 0 Å². The molecule has 0 spiro atoms. The highest BCUT2D eigenvalue weighted by atomic mass is 16.5. The lowest BCUT2D eigenvalue weighted by atomic mass is 10.0. The van der Waals surface area contributed by atoms with Gasteiger partial charge >= 0.3 is 0 Å². The molecule has 2 heteroatoms. The Morgan fingerprint density at radius 1 is 1.31 bits per heavy atom. The topological polar surface area (TPSA) is 35.2 Å². The zero-order valence-electron chi connectivity index (χ0n) is 10.0. The van der Waals surface area contributed by atoms with Crippen LogP contribution in [0.4, 0.5) is 0 Å². The quantitative estimate of drug-likeness (QED) is 0.747. The van der Waals surface area contributed by atoms with Crippen LogP contribution in [-0.2, 0) is 6.42 Å². The van der Waals surface area contributed by atoms with Crippen molar-refractivity contribution >= 4 is 0 Å². The van der Waals surface area contributed by atoms with Gasteiger partial charge in [0, 0.05) is 0 Å². The second-order valence-corrected chi connectivity index (χ2v) is 4.67. The molecule has 1 saturated carbocycles. The van der Waals surface area contributed by atoms with E-state index >= 15 is 0 Å². The molecule has 2 N–H and O–H groups in total. The van der Waals surface area contributed by atoms with Crippen LogP contribution in [0, 0.1) is 6.92 Å². The van der Waals surface area contributed by atoms with E-state index in [1.54, 1.807) is 0 Å². The Morgan fingerprint density at radius 2 is 2.12 bits per heavy atom. The molecule has 16 heavy (non-hydrogen) atoms. The lowest BCUT2D eigenvalue weighted by molar-refractivity contribution is 0.299. The van der Waals surface area contributed by atoms with Crippen molar-refractivity contribution in [2.75, 3.05) is 6.54 Å². The maximum absolute atomic E-state index is 5.91. The third kappa shape index (κ3) is 3.24. The number of rotatable bonds is 6. The van der Waals surface area contributed by atoms with E-state index in [0.29, 0.717) is 6.10 Å². The first-order chi connectivity index (χ1) is 7.79. The average Bonchev–Trinajstić information content (AvgIpc) is 3.06. The molecule has 1 fully saturated rings. The van der Waals surface area contributed by atoms with Gasteiger partial charge in [-0.1, -0.05) is 17.7 Å². The molecule has 0 aromatic heterocycles. The van der Waals surface area contributed by atoms with Gasteiger partial charge in [-0.15, -0.1) is 0 Å². The maximum atomic E-state index is 5.91. The summed E-state index contributed by atoms with van der Waals surface area (Å²) in [5, 5.41) is 0. The zero-order valence-corrected chi connectivity index (χ0v) is 10.0. The summed E-state index contributed by atoms with van der Waals surface area (Å²) in [6.07, 6.45) is 6.25. The number of benzene rings is 1. The van der Waals surface area contributed by atoms with Crippen LogP contribution in [0.3, 0.4) is 0 Å². The third-order valence-electron chi connectivity index (χ3n) is 2.93. The van der Waals surface area contributed by atoms with Crippen LogP contribution in [0.5, 0.6) is 5.75 Å². The molecular weight excluding hydrogens is 198 g/mol. The van der Waals surface area contributed by atoms with Crippen LogP contribution in [0.15, 0.2) is 18.2 Å². The van der Waals surface area contributed by atoms with Crippen LogP contribution < -0.4 is 10.5 Å². The van der Waals surface area contributed by atoms with E-state index in [2.05, 4.69) is 25.1 Å². The highest BCUT2D eigenvalue weighted by Crippen LogP contribution is 2.30. The van der Waals surface area contributed by atoms with Gasteiger partial charge < -0.3 is 10.5 Å². The van der Waals surface area contributed by atoms with Crippen LogP contribution in [0.1, 0.15) is 36.8 Å². The average molecular weight is 219 g/mol. The predicted octanol–water partition coefficient (Wildman–Crippen LogP) is 2.82. The third-order valence-corrected chi connectivity index (χ3v) is 2.93. The van der Waals surface area contributed by atoms with E-state index < -0.39 is 0 Å². The maximum Gasteiger partial charge on any atom is 0.122 e. The lowest BCUT2D eigenvalue weighted by Crippen LogP contribution is -2.02. The standard InChI is InChI=1S/C14H21NO/c1-11-5-8-14(16-13-6-7-13)12(10-11)4-2-3-9-15/h5,8,10,13H,2-4,6-7,9,15H2,1H3. The molecule has 0 aliphatic heterocycles. The number of nitrogens with two attached hydrogens (primary N) is 1. The van der Waals surface area contributed by atoms with Crippen molar-refractivity contribution in [2.24, 2.45) is 5.73 Å². The molecule has 0 amide bonds. The Kier molecular flexibility index (Phi) is 3.83. The van der Waals surface area contributed by atoms with Gasteiger partial charge in [-0.05, 0) is 57.2 Å². The van der Waals surface area contributed by atoms with Crippen molar-refractivity contribution in [3.8, 4) is 5.75 Å². The van der Waals surface area contributed by atoms with Gasteiger partial charge in [0.15, 0.2) is 0 Å². The monoisotopic (exact) mass is 219 g/mol. The molecule has 0 atom stereocenters. The number of aryl methyl sites for hydroxylation is 2. The number of unbranched alkanes of at least 4 members (excludes halogenated alkanes) is 1. The molecule has 1 aliphatic rings. The Morgan fingerprint density at radius 3 is 2.81 bits per heavy atom. The van der Waals surface area contributed by atoms with Crippen molar-refractivity contribution in [2.45, 2.75) is 45.1 Å². The van der Waals surface area contributed by atoms with Crippen molar-refractivity contribution in [1.29, 1.82) is 0 Å². The molecule has 0 unspecified atom stereocenters. The van der Waals surface area contributed by atoms with Crippen molar-refractivity contribution in [3.63, 3.8) is 0 Å². The van der Waals surface area contributed by atoms with Crippen LogP contribution >= 0.6 is 0 Å². The molecule has 1 aromatic carbocycles. The van der Waals surface area contributed by atoms with Crippen LogP contribution in [-0.4, -0.2) is 12.6 Å². The van der Waals surface area contributed by atoms with Crippen LogP contribution in [0.25, 0.3) is 0 Å². The molecule has 0 saturated heterocycles. The minimum absolute atomic E-state index is 0.482. The molecule has 2 nitrogen and oxygen atoms in total. The highest BCUT2D eigenvalue weighted by Gasteiger charge is 2.24. The normalized spacial score (nSPS) is 15.1. The van der Waals surface area contributed by atoms with Gasteiger partial charge in [0.05, 0.1) is 6.10 Å². The summed E-state index contributed by atoms with van der Waals surface area (Å²) in [6, 6.07) is 6.49. The first-order valence-corrected chi connectivity index (χ1v) is 6.26. The van der Waals surface area contributed by atoms with Gasteiger partial charge in [-0.3, -0.25) is 0 Å². The molecule has 88 valence electrons. The molecule has 0 bridgehead atoms. The Labute approximate surface area is 97.8 Å². The molecule has 2 rings (SSSR count). The first kappa shape index (κ1) is 11.5. The molecule has 0 radical (unpaired) electrons. The fourth-order valence-corrected chi connectivity index (χ4v) is 1.84. The molecule has 0 heterocycles. The van der Waals surface area contributed by atoms with E-state index in [0.717, 1.165) is 31.6 Å². The Balaban J connectivity index is 2.02. The van der Waals surface area contributed by atoms with E-state index in [9.17, 15) is 0 Å². The summed E-state index contributed by atoms with van der Waals surface area (Å²) in [6.45, 7) is 2.91. The first-order valence-electron chi connectivity index (χ1n) is 6.26. The second kappa shape index (κ2) is 5.35.